The van der Waals surface area contributed by atoms with Crippen LogP contribution in [0.25, 0.3) is 0 Å². The van der Waals surface area contributed by atoms with Crippen molar-refractivity contribution in [2.24, 2.45) is 0 Å². The van der Waals surface area contributed by atoms with Gasteiger partial charge < -0.3 is 10.1 Å². The summed E-state index contributed by atoms with van der Waals surface area (Å²) in [6, 6.07) is 6.89. The second kappa shape index (κ2) is 7.54. The number of halogens is 1. The molecule has 6 nitrogen and oxygen atoms in total. The molecule has 122 valence electrons. The molecule has 1 saturated heterocycles. The van der Waals surface area contributed by atoms with Gasteiger partial charge in [0.2, 0.25) is 10.0 Å². The van der Waals surface area contributed by atoms with E-state index in [2.05, 4.69) is 21.2 Å². The van der Waals surface area contributed by atoms with E-state index in [1.54, 1.807) is 24.3 Å². The van der Waals surface area contributed by atoms with Crippen LogP contribution in [0.2, 0.25) is 0 Å². The fourth-order valence-corrected chi connectivity index (χ4v) is 3.84. The van der Waals surface area contributed by atoms with Crippen molar-refractivity contribution < 1.29 is 17.9 Å². The number of benzene rings is 1. The van der Waals surface area contributed by atoms with Gasteiger partial charge in [-0.05, 0) is 31.2 Å². The lowest BCUT2D eigenvalue weighted by molar-refractivity contribution is 0.0102. The number of sulfonamides is 1. The molecule has 0 bridgehead atoms. The van der Waals surface area contributed by atoms with Gasteiger partial charge in [0.1, 0.15) is 0 Å². The number of morpholine rings is 1. The maximum atomic E-state index is 12.2. The molecule has 22 heavy (non-hydrogen) atoms. The third kappa shape index (κ3) is 4.77. The fraction of sp³-hybridized carbons (Fsp3) is 0.500. The molecule has 1 aliphatic rings. The third-order valence-electron chi connectivity index (χ3n) is 3.35. The van der Waals surface area contributed by atoms with E-state index in [9.17, 15) is 13.2 Å². The van der Waals surface area contributed by atoms with Crippen molar-refractivity contribution in [2.75, 3.05) is 32.0 Å². The van der Waals surface area contributed by atoms with Crippen LogP contribution >= 0.6 is 15.9 Å². The largest absolute Gasteiger partial charge is 0.376 e. The Bertz CT molecular complexity index is 618. The summed E-state index contributed by atoms with van der Waals surface area (Å²) in [7, 11) is -3.37. The number of nitrogens with one attached hydrogen (secondary N) is 1. The maximum Gasteiger partial charge on any atom is 0.251 e. The molecule has 0 aromatic heterocycles. The van der Waals surface area contributed by atoms with Gasteiger partial charge in [0.05, 0.1) is 18.5 Å². The van der Waals surface area contributed by atoms with Crippen molar-refractivity contribution in [1.29, 1.82) is 0 Å². The predicted molar refractivity (Wildman–Crippen MR) is 87.2 cm³/mol. The molecule has 1 aromatic carbocycles. The minimum atomic E-state index is -3.37. The van der Waals surface area contributed by atoms with E-state index in [0.29, 0.717) is 25.3 Å². The number of rotatable bonds is 5. The Morgan fingerprint density at radius 2 is 2.09 bits per heavy atom. The summed E-state index contributed by atoms with van der Waals surface area (Å²) in [6.07, 6.45) is -0.0964. The quantitative estimate of drug-likeness (QED) is 0.820. The van der Waals surface area contributed by atoms with E-state index in [1.807, 2.05) is 6.92 Å². The number of amides is 1. The molecular weight excluding hydrogens is 372 g/mol. The van der Waals surface area contributed by atoms with Crippen LogP contribution in [0.15, 0.2) is 28.7 Å². The molecule has 1 atom stereocenters. The Kier molecular flexibility index (Phi) is 5.96. The smallest absolute Gasteiger partial charge is 0.251 e. The molecule has 1 fully saturated rings. The predicted octanol–water partition coefficient (Wildman–Crippen LogP) is 1.23. The van der Waals surface area contributed by atoms with Gasteiger partial charge in [-0.3, -0.25) is 4.79 Å². The standard InChI is InChI=1S/C14H19BrN2O4S/c1-11-10-17(7-8-21-11)22(19,20)9-6-16-14(18)12-2-4-13(15)5-3-12/h2-5,11H,6-10H2,1H3,(H,16,18). The van der Waals surface area contributed by atoms with Gasteiger partial charge in [0, 0.05) is 29.7 Å². The number of carbonyl (C=O) groups excluding carboxylic acids is 1. The average molecular weight is 391 g/mol. The first kappa shape index (κ1) is 17.4. The Morgan fingerprint density at radius 1 is 1.41 bits per heavy atom. The lowest BCUT2D eigenvalue weighted by Crippen LogP contribution is -2.46. The van der Waals surface area contributed by atoms with Gasteiger partial charge in [-0.15, -0.1) is 0 Å². The van der Waals surface area contributed by atoms with Crippen LogP contribution in [-0.4, -0.2) is 56.7 Å². The highest BCUT2D eigenvalue weighted by Crippen LogP contribution is 2.11. The van der Waals surface area contributed by atoms with E-state index < -0.39 is 10.0 Å². The van der Waals surface area contributed by atoms with Gasteiger partial charge in [-0.2, -0.15) is 4.31 Å². The molecule has 1 heterocycles. The van der Waals surface area contributed by atoms with Gasteiger partial charge in [0.25, 0.3) is 5.91 Å². The van der Waals surface area contributed by atoms with Crippen LogP contribution in [0.3, 0.4) is 0 Å². The van der Waals surface area contributed by atoms with Crippen molar-refractivity contribution in [2.45, 2.75) is 13.0 Å². The van der Waals surface area contributed by atoms with Crippen molar-refractivity contribution >= 4 is 31.9 Å². The van der Waals surface area contributed by atoms with E-state index in [0.717, 1.165) is 4.47 Å². The van der Waals surface area contributed by atoms with E-state index in [-0.39, 0.29) is 24.3 Å². The summed E-state index contributed by atoms with van der Waals surface area (Å²) in [5.74, 6) is -0.389. The first-order valence-corrected chi connectivity index (χ1v) is 9.42. The molecule has 0 saturated carbocycles. The van der Waals surface area contributed by atoms with Gasteiger partial charge in [0.15, 0.2) is 0 Å². The molecule has 0 spiro atoms. The molecule has 8 heteroatoms. The van der Waals surface area contributed by atoms with Crippen LogP contribution in [0, 0.1) is 0 Å². The second-order valence-electron chi connectivity index (χ2n) is 5.12. The molecule has 1 aromatic rings. The summed E-state index contributed by atoms with van der Waals surface area (Å²) >= 11 is 3.30. The number of hydrogen-bond donors (Lipinski definition) is 1. The highest BCUT2D eigenvalue weighted by molar-refractivity contribution is 9.10. The van der Waals surface area contributed by atoms with Gasteiger partial charge in [-0.25, -0.2) is 8.42 Å². The summed E-state index contributed by atoms with van der Waals surface area (Å²) in [4.78, 5) is 11.9. The monoisotopic (exact) mass is 390 g/mol. The summed E-state index contributed by atoms with van der Waals surface area (Å²) in [5, 5.41) is 2.63. The van der Waals surface area contributed by atoms with E-state index in [4.69, 9.17) is 4.74 Å². The zero-order valence-electron chi connectivity index (χ0n) is 12.3. The Labute approximate surface area is 139 Å². The molecule has 2 rings (SSSR count). The normalized spacial score (nSPS) is 19.8. The summed E-state index contributed by atoms with van der Waals surface area (Å²) in [5.41, 5.74) is 0.501. The Hall–Kier alpha value is -0.960. The zero-order valence-corrected chi connectivity index (χ0v) is 14.7. The molecule has 1 N–H and O–H groups in total. The van der Waals surface area contributed by atoms with Crippen LogP contribution < -0.4 is 5.32 Å². The van der Waals surface area contributed by atoms with Crippen molar-refractivity contribution in [1.82, 2.24) is 9.62 Å². The minimum absolute atomic E-state index is 0.0863. The Morgan fingerprint density at radius 3 is 2.73 bits per heavy atom. The maximum absolute atomic E-state index is 12.2. The third-order valence-corrected chi connectivity index (χ3v) is 5.72. The molecular formula is C14H19BrN2O4S. The number of ether oxygens (including phenoxy) is 1. The lowest BCUT2D eigenvalue weighted by atomic mass is 10.2. The van der Waals surface area contributed by atoms with Crippen molar-refractivity contribution in [3.8, 4) is 0 Å². The lowest BCUT2D eigenvalue weighted by Gasteiger charge is -2.30. The minimum Gasteiger partial charge on any atom is -0.376 e. The highest BCUT2D eigenvalue weighted by Gasteiger charge is 2.27. The fourth-order valence-electron chi connectivity index (χ4n) is 2.17. The van der Waals surface area contributed by atoms with Gasteiger partial charge in [-0.1, -0.05) is 15.9 Å². The highest BCUT2D eigenvalue weighted by atomic mass is 79.9. The molecule has 1 aliphatic heterocycles. The zero-order chi connectivity index (χ0) is 16.2. The Balaban J connectivity index is 1.84. The van der Waals surface area contributed by atoms with E-state index in [1.165, 1.54) is 4.31 Å². The molecule has 1 amide bonds. The first-order valence-electron chi connectivity index (χ1n) is 7.02. The van der Waals surface area contributed by atoms with Crippen LogP contribution in [0.4, 0.5) is 0 Å². The second-order valence-corrected chi connectivity index (χ2v) is 8.12. The van der Waals surface area contributed by atoms with Crippen LogP contribution in [-0.2, 0) is 14.8 Å². The topological polar surface area (TPSA) is 75.7 Å². The number of carbonyl (C=O) groups is 1. The van der Waals surface area contributed by atoms with Gasteiger partial charge >= 0.3 is 0 Å². The number of nitrogens with zero attached hydrogens (tertiary/aromatic N) is 1. The molecule has 1 unspecified atom stereocenters. The van der Waals surface area contributed by atoms with Crippen molar-refractivity contribution in [3.63, 3.8) is 0 Å². The summed E-state index contributed by atoms with van der Waals surface area (Å²) < 4.78 is 32.1. The van der Waals surface area contributed by atoms with Crippen molar-refractivity contribution in [3.05, 3.63) is 34.3 Å². The average Bonchev–Trinajstić information content (AvgIpc) is 2.47. The first-order chi connectivity index (χ1) is 10.4. The van der Waals surface area contributed by atoms with Crippen LogP contribution in [0.5, 0.6) is 0 Å². The molecule has 0 radical (unpaired) electrons. The molecule has 0 aliphatic carbocycles. The summed E-state index contributed by atoms with van der Waals surface area (Å²) in [6.45, 7) is 3.07. The number of hydrogen-bond acceptors (Lipinski definition) is 4. The van der Waals surface area contributed by atoms with E-state index >= 15 is 0 Å². The SMILES string of the molecule is CC1CN(S(=O)(=O)CCNC(=O)c2ccc(Br)cc2)CCO1. The van der Waals surface area contributed by atoms with Crippen LogP contribution in [0.1, 0.15) is 17.3 Å².